The van der Waals surface area contributed by atoms with Gasteiger partial charge in [0, 0.05) is 37.1 Å². The van der Waals surface area contributed by atoms with E-state index in [-0.39, 0.29) is 48.3 Å². The molecule has 0 saturated heterocycles. The number of nitrogens with zero attached hydrogens (tertiary/aromatic N) is 1. The zero-order valence-corrected chi connectivity index (χ0v) is 29.5. The van der Waals surface area contributed by atoms with Gasteiger partial charge in [0.05, 0.1) is 11.5 Å². The van der Waals surface area contributed by atoms with Crippen molar-refractivity contribution in [3.63, 3.8) is 0 Å². The summed E-state index contributed by atoms with van der Waals surface area (Å²) >= 11 is 0. The number of pyridine rings is 1. The fourth-order valence-corrected chi connectivity index (χ4v) is 5.42. The van der Waals surface area contributed by atoms with Crippen molar-refractivity contribution in [1.82, 2.24) is 4.98 Å². The molecular formula is C40H40FIrNO2. The van der Waals surface area contributed by atoms with Crippen LogP contribution in [0.15, 0.2) is 90.8 Å². The van der Waals surface area contributed by atoms with E-state index in [0.29, 0.717) is 5.39 Å². The number of hydrogen-bond acceptors (Lipinski definition) is 2. The topological polar surface area (TPSA) is 54.5 Å². The van der Waals surface area contributed by atoms with Crippen LogP contribution in [0.5, 0.6) is 0 Å². The van der Waals surface area contributed by atoms with Crippen molar-refractivity contribution in [3.05, 3.63) is 114 Å². The van der Waals surface area contributed by atoms with Crippen LogP contribution in [-0.2, 0) is 20.1 Å². The third-order valence-electron chi connectivity index (χ3n) is 7.93. The van der Waals surface area contributed by atoms with Crippen molar-refractivity contribution in [2.45, 2.75) is 55.4 Å². The van der Waals surface area contributed by atoms with Crippen LogP contribution in [0.2, 0.25) is 0 Å². The first-order chi connectivity index (χ1) is 20.6. The Kier molecular flexibility index (Phi) is 9.68. The first-order valence-corrected chi connectivity index (χ1v) is 14.9. The van der Waals surface area contributed by atoms with Crippen molar-refractivity contribution >= 4 is 48.9 Å². The maximum Gasteiger partial charge on any atom is 0.325 e. The number of aliphatic hydroxyl groups excluding tert-OH is 1. The summed E-state index contributed by atoms with van der Waals surface area (Å²) in [7, 11) is 0. The van der Waals surface area contributed by atoms with Crippen molar-refractivity contribution in [1.29, 1.82) is 0 Å². The molecule has 5 heteroatoms. The summed E-state index contributed by atoms with van der Waals surface area (Å²) in [6.45, 7) is 15.5. The summed E-state index contributed by atoms with van der Waals surface area (Å²) in [6, 6.07) is 27.6. The fourth-order valence-electron chi connectivity index (χ4n) is 5.42. The second-order valence-electron chi connectivity index (χ2n) is 13.7. The van der Waals surface area contributed by atoms with Crippen LogP contribution in [0.3, 0.4) is 0 Å². The Bertz CT molecular complexity index is 2080. The van der Waals surface area contributed by atoms with Gasteiger partial charge in [-0.05, 0) is 76.3 Å². The van der Waals surface area contributed by atoms with Crippen LogP contribution in [0.4, 0.5) is 4.39 Å². The number of hydrogen-bond donors (Lipinski definition) is 1. The number of fused-ring (bicyclic) bond motifs is 7. The first-order valence-electron chi connectivity index (χ1n) is 14.9. The summed E-state index contributed by atoms with van der Waals surface area (Å²) in [6.07, 6.45) is 3.21. The second kappa shape index (κ2) is 12.8. The van der Waals surface area contributed by atoms with Crippen molar-refractivity contribution in [2.24, 2.45) is 10.8 Å². The number of aliphatic hydroxyl groups is 1. The number of carbonyl (C=O) groups excluding carboxylic acids is 1. The first kappa shape index (κ1) is 34.0. The molecule has 6 rings (SSSR count). The molecule has 0 aliphatic heterocycles. The van der Waals surface area contributed by atoms with Crippen LogP contribution in [0.1, 0.15) is 52.7 Å². The van der Waals surface area contributed by atoms with Crippen molar-refractivity contribution < 1.29 is 34.4 Å². The molecule has 1 heterocycles. The third kappa shape index (κ3) is 7.01. The maximum atomic E-state index is 15.6. The smallest absolute Gasteiger partial charge is 0.325 e. The molecule has 3 nitrogen and oxygen atoms in total. The van der Waals surface area contributed by atoms with Gasteiger partial charge < -0.3 is 10.1 Å². The largest absolute Gasteiger partial charge is 0.511 e. The van der Waals surface area contributed by atoms with E-state index >= 15 is 4.39 Å². The van der Waals surface area contributed by atoms with Crippen LogP contribution in [0, 0.1) is 36.6 Å². The molecule has 2 N–H and O–H groups in total. The van der Waals surface area contributed by atoms with E-state index in [1.807, 2.05) is 72.7 Å². The summed E-state index contributed by atoms with van der Waals surface area (Å²) in [4.78, 5) is 14.2. The number of benzene rings is 5. The predicted molar refractivity (Wildman–Crippen MR) is 185 cm³/mol. The van der Waals surface area contributed by atoms with Crippen molar-refractivity contribution in [2.75, 3.05) is 0 Å². The van der Waals surface area contributed by atoms with Crippen LogP contribution < -0.4 is 0 Å². The summed E-state index contributed by atoms with van der Waals surface area (Å²) in [5.41, 5.74) is 3.39. The van der Waals surface area contributed by atoms with Crippen LogP contribution in [-0.4, -0.2) is 20.7 Å². The van der Waals surface area contributed by atoms with Crippen LogP contribution >= 0.6 is 0 Å². The quantitative estimate of drug-likeness (QED) is 0.0626. The molecule has 45 heavy (non-hydrogen) atoms. The zero-order chi connectivity index (χ0) is 32.0. The summed E-state index contributed by atoms with van der Waals surface area (Å²) < 4.78 is 15.6. The molecule has 0 aliphatic rings. The second-order valence-corrected chi connectivity index (χ2v) is 13.7. The molecule has 5 aromatic carbocycles. The minimum absolute atomic E-state index is 0. The molecule has 0 spiro atoms. The van der Waals surface area contributed by atoms with Gasteiger partial charge in [-0.2, -0.15) is 0 Å². The van der Waals surface area contributed by atoms with E-state index in [2.05, 4.69) is 60.4 Å². The van der Waals surface area contributed by atoms with E-state index in [9.17, 15) is 9.90 Å². The molecule has 0 saturated carbocycles. The zero-order valence-electron chi connectivity index (χ0n) is 27.1. The Labute approximate surface area is 278 Å². The van der Waals surface area contributed by atoms with Gasteiger partial charge in [0.15, 0.2) is 0 Å². The molecule has 0 fully saturated rings. The molecule has 0 aliphatic carbocycles. The molecule has 0 bridgehead atoms. The number of rotatable bonds is 2. The number of halogens is 1. The van der Waals surface area contributed by atoms with Gasteiger partial charge in [0.25, 0.3) is 0 Å². The van der Waals surface area contributed by atoms with E-state index < -0.39 is 0 Å². The van der Waals surface area contributed by atoms with E-state index in [1.165, 1.54) is 6.08 Å². The van der Waals surface area contributed by atoms with Gasteiger partial charge in [0.2, 0.25) is 0 Å². The Hall–Kier alpha value is -3.92. The Morgan fingerprint density at radius 2 is 1.42 bits per heavy atom. The maximum absolute atomic E-state index is 15.6. The molecule has 0 unspecified atom stereocenters. The molecule has 6 aromatic rings. The van der Waals surface area contributed by atoms with Gasteiger partial charge >= 0.3 is 5.78 Å². The Morgan fingerprint density at radius 3 is 2.09 bits per heavy atom. The number of aryl methyl sites for hydroxylation is 2. The normalized spacial score (nSPS) is 12.2. The molecule has 0 amide bonds. The van der Waals surface area contributed by atoms with Gasteiger partial charge in [0.1, 0.15) is 11.6 Å². The monoisotopic (exact) mass is 778 g/mol. The minimum atomic E-state index is -0.306. The molecule has 1 aromatic heterocycles. The van der Waals surface area contributed by atoms with E-state index in [4.69, 9.17) is 0 Å². The molecule has 0 atom stereocenters. The van der Waals surface area contributed by atoms with Gasteiger partial charge in [-0.1, -0.05) is 83.1 Å². The standard InChI is InChI=1S/C29H19FN.C11H20O2.Ir/c1-17-13-18(2)15-20(14-17)29-25-10-9-23-22-8-7-19-5-3-4-6-21(19)26(22)16-27(30)28(23)24(25)11-12-31-29;1-10(2,3)8(12)7-9(13)11(4,5)6;/h3-14,16H,1-2H3;7,12H,1-6H3;/q-1;;/p+1/b;8-7-;. The average Bonchev–Trinajstić information content (AvgIpc) is 2.95. The van der Waals surface area contributed by atoms with E-state index in [0.717, 1.165) is 60.1 Å². The fraction of sp³-hybridized carbons (Fsp3) is 0.250. The SMILES string of the molecule is CC(C)(C)C(=[OH+])/C=C(\O)C(C)(C)C.Cc1[c-]c(-c2nccc3c2ccc2c4ccc5ccccc5c4cc(F)c32)cc(C)c1.[Ir]. The van der Waals surface area contributed by atoms with Gasteiger partial charge in [-0.3, -0.25) is 4.79 Å². The third-order valence-corrected chi connectivity index (χ3v) is 7.93. The average molecular weight is 778 g/mol. The minimum Gasteiger partial charge on any atom is -0.511 e. The molecular weight excluding hydrogens is 738 g/mol. The Balaban J connectivity index is 0.000000283. The Morgan fingerprint density at radius 1 is 0.778 bits per heavy atom. The number of aromatic nitrogens is 1. The molecule has 233 valence electrons. The van der Waals surface area contributed by atoms with Crippen molar-refractivity contribution in [3.8, 4) is 11.3 Å². The van der Waals surface area contributed by atoms with Gasteiger partial charge in [-0.25, -0.2) is 4.39 Å². The summed E-state index contributed by atoms with van der Waals surface area (Å²) in [5, 5.41) is 17.2. The number of allylic oxidation sites excluding steroid dienone is 2. The number of ketones is 1. The van der Waals surface area contributed by atoms with Gasteiger partial charge in [-0.15, -0.1) is 34.9 Å². The van der Waals surface area contributed by atoms with E-state index in [1.54, 1.807) is 12.3 Å². The van der Waals surface area contributed by atoms with Crippen LogP contribution in [0.25, 0.3) is 54.3 Å². The predicted octanol–water partition coefficient (Wildman–Crippen LogP) is 11.0. The summed E-state index contributed by atoms with van der Waals surface area (Å²) in [5.74, 6) is 0.214. The molecule has 1 radical (unpaired) electrons.